The van der Waals surface area contributed by atoms with E-state index >= 15 is 0 Å². The highest BCUT2D eigenvalue weighted by Gasteiger charge is 2.37. The lowest BCUT2D eigenvalue weighted by Gasteiger charge is -2.25. The summed E-state index contributed by atoms with van der Waals surface area (Å²) in [5, 5.41) is 4.45. The third-order valence-electron chi connectivity index (χ3n) is 6.60. The lowest BCUT2D eigenvalue weighted by Crippen LogP contribution is -2.37. The van der Waals surface area contributed by atoms with Crippen LogP contribution in [0, 0.1) is 5.92 Å². The molecule has 7 nitrogen and oxygen atoms in total. The number of rotatable bonds is 5. The Bertz CT molecular complexity index is 1190. The number of aromatic nitrogens is 1. The van der Waals surface area contributed by atoms with Crippen LogP contribution in [0.2, 0.25) is 0 Å². The second kappa shape index (κ2) is 8.22. The van der Waals surface area contributed by atoms with Crippen LogP contribution in [-0.2, 0) is 16.0 Å². The average Bonchev–Trinajstić information content (AvgIpc) is 3.40. The smallest absolute Gasteiger partial charge is 0.227 e. The highest BCUT2D eigenvalue weighted by molar-refractivity contribution is 6.01. The summed E-state index contributed by atoms with van der Waals surface area (Å²) in [6, 6.07) is 13.5. The number of methoxy groups -OCH3 is 2. The number of benzene rings is 2. The second-order valence-corrected chi connectivity index (χ2v) is 8.46. The number of amides is 2. The minimum atomic E-state index is -0.399. The molecule has 5 rings (SSSR count). The number of H-pyrrole nitrogens is 1. The number of anilines is 1. The summed E-state index contributed by atoms with van der Waals surface area (Å²) in [5.41, 5.74) is 4.16. The van der Waals surface area contributed by atoms with Gasteiger partial charge in [-0.2, -0.15) is 0 Å². The van der Waals surface area contributed by atoms with Crippen LogP contribution < -0.4 is 19.7 Å². The van der Waals surface area contributed by atoms with Gasteiger partial charge in [-0.15, -0.1) is 0 Å². The molecule has 2 atom stereocenters. The van der Waals surface area contributed by atoms with Gasteiger partial charge in [-0.3, -0.25) is 9.59 Å². The molecule has 0 bridgehead atoms. The molecule has 1 fully saturated rings. The summed E-state index contributed by atoms with van der Waals surface area (Å²) in [5.74, 6) is 0.643. The number of nitrogens with zero attached hydrogens (tertiary/aromatic N) is 1. The zero-order valence-electron chi connectivity index (χ0n) is 18.3. The first-order valence-electron chi connectivity index (χ1n) is 11.0. The molecule has 0 saturated carbocycles. The molecule has 2 heterocycles. The highest BCUT2D eigenvalue weighted by atomic mass is 16.5. The molecule has 1 saturated heterocycles. The summed E-state index contributed by atoms with van der Waals surface area (Å²) >= 11 is 0. The summed E-state index contributed by atoms with van der Waals surface area (Å²) in [4.78, 5) is 31.1. The maximum Gasteiger partial charge on any atom is 0.227 e. The van der Waals surface area contributed by atoms with Gasteiger partial charge in [0.15, 0.2) is 0 Å². The fourth-order valence-corrected chi connectivity index (χ4v) is 4.97. The minimum Gasteiger partial charge on any atom is -0.497 e. The topological polar surface area (TPSA) is 83.7 Å². The van der Waals surface area contributed by atoms with E-state index in [-0.39, 0.29) is 24.3 Å². The monoisotopic (exact) mass is 433 g/mol. The Morgan fingerprint density at radius 3 is 2.81 bits per heavy atom. The molecule has 2 N–H and O–H groups in total. The number of fused-ring (bicyclic) bond motifs is 3. The first-order chi connectivity index (χ1) is 15.6. The van der Waals surface area contributed by atoms with Crippen molar-refractivity contribution in [2.45, 2.75) is 31.7 Å². The normalized spacial score (nSPS) is 20.3. The van der Waals surface area contributed by atoms with Crippen LogP contribution in [0.25, 0.3) is 10.9 Å². The highest BCUT2D eigenvalue weighted by Crippen LogP contribution is 2.37. The standard InChI is InChI=1S/C25H27N3O4/c1-31-16-10-11-21(22(13-16)32-2)28-14-15(12-23(28)29)25(30)27-20-9-5-7-18-17-6-3-4-8-19(17)26-24(18)20/h3-4,6,8,10-11,13,15,20,26H,5,7,9,12,14H2,1-2H3,(H,27,30). The Hall–Kier alpha value is -3.48. The molecule has 32 heavy (non-hydrogen) atoms. The maximum atomic E-state index is 13.2. The van der Waals surface area contributed by atoms with E-state index in [1.165, 1.54) is 10.9 Å². The number of ether oxygens (including phenoxy) is 2. The minimum absolute atomic E-state index is 0.0571. The Morgan fingerprint density at radius 1 is 1.16 bits per heavy atom. The summed E-state index contributed by atoms with van der Waals surface area (Å²) in [7, 11) is 3.14. The van der Waals surface area contributed by atoms with Gasteiger partial charge in [-0.05, 0) is 43.0 Å². The maximum absolute atomic E-state index is 13.2. The van der Waals surface area contributed by atoms with E-state index in [4.69, 9.17) is 9.47 Å². The number of nitrogens with one attached hydrogen (secondary N) is 2. The molecular formula is C25H27N3O4. The van der Waals surface area contributed by atoms with Crippen LogP contribution in [0.3, 0.4) is 0 Å². The van der Waals surface area contributed by atoms with Gasteiger partial charge in [-0.25, -0.2) is 0 Å². The molecule has 0 radical (unpaired) electrons. The van der Waals surface area contributed by atoms with Crippen molar-refractivity contribution >= 4 is 28.4 Å². The largest absolute Gasteiger partial charge is 0.497 e. The van der Waals surface area contributed by atoms with Crippen molar-refractivity contribution in [3.05, 3.63) is 53.7 Å². The fraction of sp³-hybridized carbons (Fsp3) is 0.360. The van der Waals surface area contributed by atoms with Crippen molar-refractivity contribution in [2.24, 2.45) is 5.92 Å². The van der Waals surface area contributed by atoms with Crippen molar-refractivity contribution in [2.75, 3.05) is 25.7 Å². The van der Waals surface area contributed by atoms with E-state index in [0.717, 1.165) is 30.5 Å². The summed E-state index contributed by atoms with van der Waals surface area (Å²) in [6.07, 6.45) is 3.12. The average molecular weight is 434 g/mol. The van der Waals surface area contributed by atoms with Crippen LogP contribution in [0.15, 0.2) is 42.5 Å². The number of para-hydroxylation sites is 1. The molecule has 1 aliphatic carbocycles. The molecule has 1 aromatic heterocycles. The van der Waals surface area contributed by atoms with Gasteiger partial charge in [-0.1, -0.05) is 18.2 Å². The molecule has 2 unspecified atom stereocenters. The first-order valence-corrected chi connectivity index (χ1v) is 11.0. The quantitative estimate of drug-likeness (QED) is 0.642. The van der Waals surface area contributed by atoms with Gasteiger partial charge in [0.05, 0.1) is 31.9 Å². The lowest BCUT2D eigenvalue weighted by atomic mass is 9.91. The molecule has 0 spiro atoms. The fourth-order valence-electron chi connectivity index (χ4n) is 4.97. The van der Waals surface area contributed by atoms with Gasteiger partial charge in [0.2, 0.25) is 11.8 Å². The molecule has 166 valence electrons. The summed E-state index contributed by atoms with van der Waals surface area (Å²) in [6.45, 7) is 0.333. The number of carbonyl (C=O) groups is 2. The molecular weight excluding hydrogens is 406 g/mol. The SMILES string of the molecule is COc1ccc(N2CC(C(=O)NC3CCCc4c3[nH]c3ccccc43)CC2=O)c(OC)c1. The van der Waals surface area contributed by atoms with E-state index < -0.39 is 5.92 Å². The second-order valence-electron chi connectivity index (χ2n) is 8.46. The third-order valence-corrected chi connectivity index (χ3v) is 6.60. The van der Waals surface area contributed by atoms with E-state index in [2.05, 4.69) is 22.4 Å². The zero-order chi connectivity index (χ0) is 22.2. The van der Waals surface area contributed by atoms with Crippen molar-refractivity contribution in [3.8, 4) is 11.5 Å². The van der Waals surface area contributed by atoms with Gasteiger partial charge >= 0.3 is 0 Å². The van der Waals surface area contributed by atoms with Crippen molar-refractivity contribution in [1.29, 1.82) is 0 Å². The van der Waals surface area contributed by atoms with Crippen molar-refractivity contribution in [1.82, 2.24) is 10.3 Å². The number of aryl methyl sites for hydroxylation is 1. The Labute approximate surface area is 186 Å². The van der Waals surface area contributed by atoms with Crippen LogP contribution in [0.5, 0.6) is 11.5 Å². The third kappa shape index (κ3) is 3.47. The van der Waals surface area contributed by atoms with Crippen LogP contribution >= 0.6 is 0 Å². The van der Waals surface area contributed by atoms with Gasteiger partial charge in [0.25, 0.3) is 0 Å². The number of aromatic amines is 1. The van der Waals surface area contributed by atoms with Gasteiger partial charge in [0.1, 0.15) is 11.5 Å². The van der Waals surface area contributed by atoms with Crippen LogP contribution in [0.1, 0.15) is 36.6 Å². The number of carbonyl (C=O) groups excluding carboxylic acids is 2. The Kier molecular flexibility index (Phi) is 5.25. The van der Waals surface area contributed by atoms with Crippen LogP contribution in [-0.4, -0.2) is 37.6 Å². The Morgan fingerprint density at radius 2 is 2.00 bits per heavy atom. The molecule has 2 amide bonds. The van der Waals surface area contributed by atoms with E-state index in [0.29, 0.717) is 23.7 Å². The molecule has 2 aromatic carbocycles. The van der Waals surface area contributed by atoms with Gasteiger partial charge in [0, 0.05) is 35.6 Å². The zero-order valence-corrected chi connectivity index (χ0v) is 18.3. The first kappa shape index (κ1) is 20.4. The van der Waals surface area contributed by atoms with Gasteiger partial charge < -0.3 is 24.7 Å². The molecule has 1 aliphatic heterocycles. The predicted molar refractivity (Wildman–Crippen MR) is 122 cm³/mol. The van der Waals surface area contributed by atoms with Crippen molar-refractivity contribution < 1.29 is 19.1 Å². The summed E-state index contributed by atoms with van der Waals surface area (Å²) < 4.78 is 10.7. The molecule has 2 aliphatic rings. The number of hydrogen-bond donors (Lipinski definition) is 2. The van der Waals surface area contributed by atoms with Crippen LogP contribution in [0.4, 0.5) is 5.69 Å². The van der Waals surface area contributed by atoms with Crippen molar-refractivity contribution in [3.63, 3.8) is 0 Å². The number of hydrogen-bond acceptors (Lipinski definition) is 4. The predicted octanol–water partition coefficient (Wildman–Crippen LogP) is 3.73. The van der Waals surface area contributed by atoms with E-state index in [1.54, 1.807) is 37.3 Å². The molecule has 7 heteroatoms. The van der Waals surface area contributed by atoms with E-state index in [1.807, 2.05) is 12.1 Å². The molecule has 3 aromatic rings. The van der Waals surface area contributed by atoms with E-state index in [9.17, 15) is 9.59 Å². The lowest BCUT2D eigenvalue weighted by molar-refractivity contribution is -0.127. The Balaban J connectivity index is 1.33.